The Morgan fingerprint density at radius 3 is 2.00 bits per heavy atom. The number of hydrogen-bond donors (Lipinski definition) is 1. The summed E-state index contributed by atoms with van der Waals surface area (Å²) in [5, 5.41) is 9.70. The predicted molar refractivity (Wildman–Crippen MR) is 65.9 cm³/mol. The molecule has 0 saturated carbocycles. The summed E-state index contributed by atoms with van der Waals surface area (Å²) >= 11 is 0.322. The zero-order chi connectivity index (χ0) is 11.9. The van der Waals surface area contributed by atoms with Crippen molar-refractivity contribution in [2.45, 2.75) is 41.5 Å². The van der Waals surface area contributed by atoms with E-state index >= 15 is 0 Å². The first-order valence-corrected chi connectivity index (χ1v) is 6.92. The molecule has 1 N–H and O–H groups in total. The molecule has 0 spiro atoms. The molecular weight excluding hydrogens is 251 g/mol. The second kappa shape index (κ2) is 3.86. The molecular formula is C13H20OSe. The third kappa shape index (κ3) is 3.27. The predicted octanol–water partition coefficient (Wildman–Crippen LogP) is 3.61. The summed E-state index contributed by atoms with van der Waals surface area (Å²) in [5.41, 5.74) is 3.35. The Balaban J connectivity index is 3.09. The van der Waals surface area contributed by atoms with E-state index in [-0.39, 0.29) is 16.6 Å². The van der Waals surface area contributed by atoms with Gasteiger partial charge in [0, 0.05) is 0 Å². The summed E-state index contributed by atoms with van der Waals surface area (Å²) in [5.74, 6) is 0.290. The van der Waals surface area contributed by atoms with Crippen molar-refractivity contribution in [1.82, 2.24) is 0 Å². The van der Waals surface area contributed by atoms with Gasteiger partial charge in [-0.15, -0.1) is 0 Å². The fourth-order valence-corrected chi connectivity index (χ4v) is 3.58. The van der Waals surface area contributed by atoms with Gasteiger partial charge in [-0.2, -0.15) is 0 Å². The molecule has 0 aromatic rings. The molecule has 1 heterocycles. The van der Waals surface area contributed by atoms with Crippen molar-refractivity contribution in [2.75, 3.05) is 0 Å². The molecule has 0 aromatic heterocycles. The van der Waals surface area contributed by atoms with Gasteiger partial charge in [-0.05, 0) is 0 Å². The van der Waals surface area contributed by atoms with Gasteiger partial charge in [-0.1, -0.05) is 0 Å². The van der Waals surface area contributed by atoms with Crippen LogP contribution in [0.1, 0.15) is 41.5 Å². The number of allylic oxidation sites excluding steroid dienone is 2. The van der Waals surface area contributed by atoms with Crippen LogP contribution < -0.4 is 0 Å². The Morgan fingerprint density at radius 2 is 1.60 bits per heavy atom. The van der Waals surface area contributed by atoms with Crippen LogP contribution in [0.5, 0.6) is 0 Å². The van der Waals surface area contributed by atoms with Gasteiger partial charge in [0.05, 0.1) is 0 Å². The zero-order valence-corrected chi connectivity index (χ0v) is 12.1. The molecule has 0 unspecified atom stereocenters. The summed E-state index contributed by atoms with van der Waals surface area (Å²) < 4.78 is 2.59. The Hall–Kier alpha value is -0.421. The van der Waals surface area contributed by atoms with Crippen molar-refractivity contribution < 1.29 is 5.11 Å². The van der Waals surface area contributed by atoms with Crippen LogP contribution in [0.15, 0.2) is 26.5 Å². The van der Waals surface area contributed by atoms with Crippen LogP contribution >= 0.6 is 0 Å². The summed E-state index contributed by atoms with van der Waals surface area (Å²) in [7, 11) is 0. The first-order chi connectivity index (χ1) is 6.60. The number of aliphatic hydroxyl groups is 1. The van der Waals surface area contributed by atoms with E-state index in [1.165, 1.54) is 8.94 Å². The molecule has 1 aliphatic heterocycles. The van der Waals surface area contributed by atoms with E-state index in [0.717, 1.165) is 0 Å². The van der Waals surface area contributed by atoms with E-state index < -0.39 is 0 Å². The van der Waals surface area contributed by atoms with E-state index in [2.05, 4.69) is 47.3 Å². The minimum atomic E-state index is 0.110. The van der Waals surface area contributed by atoms with Crippen LogP contribution in [0.25, 0.3) is 0 Å². The van der Waals surface area contributed by atoms with Crippen LogP contribution in [0.4, 0.5) is 0 Å². The van der Waals surface area contributed by atoms with Crippen molar-refractivity contribution >= 4 is 15.0 Å². The number of aliphatic hydroxyl groups excluding tert-OH is 1. The van der Waals surface area contributed by atoms with E-state index in [1.807, 2.05) is 6.08 Å². The summed E-state index contributed by atoms with van der Waals surface area (Å²) in [6, 6.07) is 0. The molecule has 0 amide bonds. The van der Waals surface area contributed by atoms with E-state index in [4.69, 9.17) is 0 Å². The van der Waals surface area contributed by atoms with Gasteiger partial charge in [0.1, 0.15) is 0 Å². The van der Waals surface area contributed by atoms with Crippen molar-refractivity contribution in [2.24, 2.45) is 10.8 Å². The first-order valence-electron chi connectivity index (χ1n) is 5.21. The van der Waals surface area contributed by atoms with Crippen LogP contribution in [-0.2, 0) is 0 Å². The fourth-order valence-electron chi connectivity index (χ4n) is 1.15. The molecule has 0 fully saturated rings. The molecule has 0 aliphatic carbocycles. The summed E-state index contributed by atoms with van der Waals surface area (Å²) in [4.78, 5) is 0. The van der Waals surface area contributed by atoms with E-state index in [0.29, 0.717) is 15.0 Å². The molecule has 1 rings (SSSR count). The molecule has 1 aliphatic rings. The topological polar surface area (TPSA) is 20.2 Å². The standard InChI is InChI=1S/C13H20OSe/c1-12(2,3)10-7-9(14)8-11(15-10)13(4,5)6/h7,14H,1-6H3. The van der Waals surface area contributed by atoms with Crippen LogP contribution in [0, 0.1) is 10.8 Å². The number of hydrogen-bond acceptors (Lipinski definition) is 1. The number of rotatable bonds is 0. The van der Waals surface area contributed by atoms with Gasteiger partial charge < -0.3 is 0 Å². The monoisotopic (exact) mass is 272 g/mol. The molecule has 0 bridgehead atoms. The van der Waals surface area contributed by atoms with Crippen molar-refractivity contribution in [1.29, 1.82) is 0 Å². The first kappa shape index (κ1) is 12.6. The Morgan fingerprint density at radius 1 is 1.07 bits per heavy atom. The average molecular weight is 271 g/mol. The average Bonchev–Trinajstić information content (AvgIpc) is 1.99. The Labute approximate surface area is 99.1 Å². The van der Waals surface area contributed by atoms with Gasteiger partial charge in [0.2, 0.25) is 0 Å². The normalized spacial score (nSPS) is 18.1. The molecule has 0 aromatic carbocycles. The molecule has 1 nitrogen and oxygen atoms in total. The molecule has 2 heteroatoms. The van der Waals surface area contributed by atoms with Crippen LogP contribution in [0.2, 0.25) is 0 Å². The second-order valence-corrected chi connectivity index (χ2v) is 8.16. The van der Waals surface area contributed by atoms with Gasteiger partial charge >= 0.3 is 98.9 Å². The SMILES string of the molecule is CC(C)(C)C1=C=C(O)C=C(C(C)(C)C)[Se]1. The van der Waals surface area contributed by atoms with E-state index in [1.54, 1.807) is 0 Å². The summed E-state index contributed by atoms with van der Waals surface area (Å²) in [6.07, 6.45) is 1.88. The van der Waals surface area contributed by atoms with Gasteiger partial charge in [0.15, 0.2) is 0 Å². The van der Waals surface area contributed by atoms with Crippen molar-refractivity contribution in [3.05, 3.63) is 26.5 Å². The maximum atomic E-state index is 9.70. The summed E-state index contributed by atoms with van der Waals surface area (Å²) in [6.45, 7) is 13.1. The Bertz CT molecular complexity index is 355. The van der Waals surface area contributed by atoms with Gasteiger partial charge in [-0.3, -0.25) is 0 Å². The second-order valence-electron chi connectivity index (χ2n) is 5.95. The van der Waals surface area contributed by atoms with Gasteiger partial charge in [0.25, 0.3) is 0 Å². The molecule has 0 saturated heterocycles. The van der Waals surface area contributed by atoms with Gasteiger partial charge in [-0.25, -0.2) is 0 Å². The van der Waals surface area contributed by atoms with Crippen LogP contribution in [0.3, 0.4) is 0 Å². The molecule has 15 heavy (non-hydrogen) atoms. The molecule has 84 valence electrons. The molecule has 0 radical (unpaired) electrons. The minimum absolute atomic E-state index is 0.110. The third-order valence-electron chi connectivity index (χ3n) is 2.14. The molecule has 0 atom stereocenters. The quantitative estimate of drug-likeness (QED) is 0.527. The van der Waals surface area contributed by atoms with E-state index in [9.17, 15) is 5.11 Å². The van der Waals surface area contributed by atoms with Crippen LogP contribution in [-0.4, -0.2) is 20.1 Å². The maximum absolute atomic E-state index is 9.70. The fraction of sp³-hybridized carbons (Fsp3) is 0.615. The van der Waals surface area contributed by atoms with Crippen molar-refractivity contribution in [3.63, 3.8) is 0 Å². The zero-order valence-electron chi connectivity index (χ0n) is 10.4. The third-order valence-corrected chi connectivity index (χ3v) is 6.06. The Kier molecular flexibility index (Phi) is 3.26. The van der Waals surface area contributed by atoms with Crippen molar-refractivity contribution in [3.8, 4) is 0 Å².